The summed E-state index contributed by atoms with van der Waals surface area (Å²) in [6.45, 7) is 8.94. The van der Waals surface area contributed by atoms with E-state index in [0.717, 1.165) is 16.8 Å². The van der Waals surface area contributed by atoms with E-state index >= 15 is 0 Å². The Kier molecular flexibility index (Phi) is 6.04. The average Bonchev–Trinajstić information content (AvgIpc) is 2.70. The van der Waals surface area contributed by atoms with Gasteiger partial charge in [0.2, 0.25) is 5.95 Å². The highest BCUT2D eigenvalue weighted by Gasteiger charge is 2.16. The standard InChI is InChI=1S/C23H26N4O/c1-16(2)27(15-19-10-6-5-7-11-19)23-24-13-20(14-25-23)22(28)26-21-12-8-9-17(3)18(21)4/h5-14,16H,15H2,1-4H3,(H,26,28). The molecule has 0 aliphatic heterocycles. The molecule has 1 N–H and O–H groups in total. The van der Waals surface area contributed by atoms with Gasteiger partial charge in [0.25, 0.3) is 5.91 Å². The lowest BCUT2D eigenvalue weighted by Gasteiger charge is -2.26. The minimum atomic E-state index is -0.209. The largest absolute Gasteiger partial charge is 0.334 e. The molecule has 5 nitrogen and oxygen atoms in total. The predicted molar refractivity (Wildman–Crippen MR) is 114 cm³/mol. The zero-order valence-electron chi connectivity index (χ0n) is 16.8. The van der Waals surface area contributed by atoms with Crippen LogP contribution in [0.15, 0.2) is 60.9 Å². The van der Waals surface area contributed by atoms with E-state index in [1.54, 1.807) is 12.4 Å². The average molecular weight is 374 g/mol. The first-order chi connectivity index (χ1) is 13.5. The van der Waals surface area contributed by atoms with Gasteiger partial charge in [-0.05, 0) is 50.5 Å². The first kappa shape index (κ1) is 19.5. The quantitative estimate of drug-likeness (QED) is 0.676. The van der Waals surface area contributed by atoms with Crippen LogP contribution in [-0.4, -0.2) is 21.9 Å². The molecule has 0 aliphatic rings. The van der Waals surface area contributed by atoms with Crippen molar-refractivity contribution in [1.29, 1.82) is 0 Å². The van der Waals surface area contributed by atoms with Crippen molar-refractivity contribution >= 4 is 17.5 Å². The molecule has 1 aromatic heterocycles. The molecule has 0 saturated heterocycles. The Morgan fingerprint density at radius 1 is 1.00 bits per heavy atom. The van der Waals surface area contributed by atoms with Crippen LogP contribution in [0.5, 0.6) is 0 Å². The lowest BCUT2D eigenvalue weighted by Crippen LogP contribution is -2.32. The number of amides is 1. The Morgan fingerprint density at radius 2 is 1.68 bits per heavy atom. The summed E-state index contributed by atoms with van der Waals surface area (Å²) in [5.41, 5.74) is 4.63. The fraction of sp³-hybridized carbons (Fsp3) is 0.261. The number of carbonyl (C=O) groups excluding carboxylic acids is 1. The van der Waals surface area contributed by atoms with Gasteiger partial charge in [-0.1, -0.05) is 42.5 Å². The van der Waals surface area contributed by atoms with Crippen molar-refractivity contribution in [3.05, 3.63) is 83.2 Å². The summed E-state index contributed by atoms with van der Waals surface area (Å²) in [7, 11) is 0. The maximum absolute atomic E-state index is 12.6. The van der Waals surface area contributed by atoms with E-state index < -0.39 is 0 Å². The van der Waals surface area contributed by atoms with E-state index in [2.05, 4.69) is 46.2 Å². The lowest BCUT2D eigenvalue weighted by atomic mass is 10.1. The first-order valence-corrected chi connectivity index (χ1v) is 9.46. The van der Waals surface area contributed by atoms with Gasteiger partial charge >= 0.3 is 0 Å². The second kappa shape index (κ2) is 8.65. The topological polar surface area (TPSA) is 58.1 Å². The van der Waals surface area contributed by atoms with E-state index in [1.807, 2.05) is 50.2 Å². The monoisotopic (exact) mass is 374 g/mol. The number of hydrogen-bond acceptors (Lipinski definition) is 4. The van der Waals surface area contributed by atoms with E-state index in [0.29, 0.717) is 18.1 Å². The minimum Gasteiger partial charge on any atom is -0.334 e. The summed E-state index contributed by atoms with van der Waals surface area (Å²) in [4.78, 5) is 23.6. The number of carbonyl (C=O) groups is 1. The summed E-state index contributed by atoms with van der Waals surface area (Å²) >= 11 is 0. The number of hydrogen-bond donors (Lipinski definition) is 1. The van der Waals surface area contributed by atoms with Crippen LogP contribution in [0, 0.1) is 13.8 Å². The molecular weight excluding hydrogens is 348 g/mol. The van der Waals surface area contributed by atoms with Gasteiger partial charge in [-0.25, -0.2) is 9.97 Å². The highest BCUT2D eigenvalue weighted by Crippen LogP contribution is 2.19. The van der Waals surface area contributed by atoms with Crippen molar-refractivity contribution in [2.75, 3.05) is 10.2 Å². The van der Waals surface area contributed by atoms with Crippen LogP contribution in [0.25, 0.3) is 0 Å². The second-order valence-corrected chi connectivity index (χ2v) is 7.18. The van der Waals surface area contributed by atoms with Gasteiger partial charge in [-0.2, -0.15) is 0 Å². The van der Waals surface area contributed by atoms with Crippen LogP contribution in [0.3, 0.4) is 0 Å². The molecule has 0 saturated carbocycles. The molecule has 1 heterocycles. The number of aromatic nitrogens is 2. The zero-order valence-corrected chi connectivity index (χ0v) is 16.8. The molecule has 2 aromatic carbocycles. The molecule has 3 aromatic rings. The predicted octanol–water partition coefficient (Wildman–Crippen LogP) is 4.76. The smallest absolute Gasteiger partial charge is 0.258 e. The second-order valence-electron chi connectivity index (χ2n) is 7.18. The van der Waals surface area contributed by atoms with Gasteiger partial charge < -0.3 is 10.2 Å². The lowest BCUT2D eigenvalue weighted by molar-refractivity contribution is 0.102. The van der Waals surface area contributed by atoms with E-state index in [9.17, 15) is 4.79 Å². The normalized spacial score (nSPS) is 10.8. The van der Waals surface area contributed by atoms with Crippen molar-refractivity contribution < 1.29 is 4.79 Å². The molecule has 1 amide bonds. The van der Waals surface area contributed by atoms with Crippen molar-refractivity contribution in [3.8, 4) is 0 Å². The molecule has 0 unspecified atom stereocenters. The summed E-state index contributed by atoms with van der Waals surface area (Å²) in [5.74, 6) is 0.404. The number of anilines is 2. The van der Waals surface area contributed by atoms with E-state index in [-0.39, 0.29) is 11.9 Å². The SMILES string of the molecule is Cc1cccc(NC(=O)c2cnc(N(Cc3ccccc3)C(C)C)nc2)c1C. The molecular formula is C23H26N4O. The molecule has 3 rings (SSSR count). The van der Waals surface area contributed by atoms with E-state index in [4.69, 9.17) is 0 Å². The molecule has 5 heteroatoms. The number of rotatable bonds is 6. The molecule has 0 aliphatic carbocycles. The van der Waals surface area contributed by atoms with E-state index in [1.165, 1.54) is 5.56 Å². The number of benzene rings is 2. The van der Waals surface area contributed by atoms with Crippen LogP contribution in [-0.2, 0) is 6.54 Å². The van der Waals surface area contributed by atoms with Gasteiger partial charge in [0.05, 0.1) is 5.56 Å². The fourth-order valence-corrected chi connectivity index (χ4v) is 2.93. The fourth-order valence-electron chi connectivity index (χ4n) is 2.93. The summed E-state index contributed by atoms with van der Waals surface area (Å²) in [6, 6.07) is 16.3. The van der Waals surface area contributed by atoms with Crippen molar-refractivity contribution in [3.63, 3.8) is 0 Å². The minimum absolute atomic E-state index is 0.209. The van der Waals surface area contributed by atoms with Gasteiger partial charge in [0, 0.05) is 30.7 Å². The van der Waals surface area contributed by atoms with Gasteiger partial charge in [-0.15, -0.1) is 0 Å². The highest BCUT2D eigenvalue weighted by atomic mass is 16.1. The highest BCUT2D eigenvalue weighted by molar-refractivity contribution is 6.04. The van der Waals surface area contributed by atoms with Crippen LogP contribution in [0.4, 0.5) is 11.6 Å². The zero-order chi connectivity index (χ0) is 20.1. The van der Waals surface area contributed by atoms with Crippen LogP contribution >= 0.6 is 0 Å². The third kappa shape index (κ3) is 4.55. The molecule has 0 radical (unpaired) electrons. The molecule has 144 valence electrons. The first-order valence-electron chi connectivity index (χ1n) is 9.46. The number of nitrogens with zero attached hydrogens (tertiary/aromatic N) is 3. The van der Waals surface area contributed by atoms with Gasteiger partial charge in [0.1, 0.15) is 0 Å². The Hall–Kier alpha value is -3.21. The maximum atomic E-state index is 12.6. The Bertz CT molecular complexity index is 937. The molecule has 0 bridgehead atoms. The van der Waals surface area contributed by atoms with Crippen molar-refractivity contribution in [2.24, 2.45) is 0 Å². The molecule has 0 fully saturated rings. The van der Waals surface area contributed by atoms with Crippen molar-refractivity contribution in [2.45, 2.75) is 40.3 Å². The Labute approximate surface area is 166 Å². The van der Waals surface area contributed by atoms with Crippen LogP contribution < -0.4 is 10.2 Å². The van der Waals surface area contributed by atoms with Crippen molar-refractivity contribution in [1.82, 2.24) is 9.97 Å². The molecule has 28 heavy (non-hydrogen) atoms. The summed E-state index contributed by atoms with van der Waals surface area (Å²) < 4.78 is 0. The maximum Gasteiger partial charge on any atom is 0.258 e. The Morgan fingerprint density at radius 3 is 2.32 bits per heavy atom. The van der Waals surface area contributed by atoms with Crippen LogP contribution in [0.2, 0.25) is 0 Å². The van der Waals surface area contributed by atoms with Crippen LogP contribution in [0.1, 0.15) is 40.9 Å². The third-order valence-corrected chi connectivity index (χ3v) is 4.83. The molecule has 0 spiro atoms. The summed E-state index contributed by atoms with van der Waals surface area (Å²) in [5, 5.41) is 2.95. The number of nitrogens with one attached hydrogen (secondary N) is 1. The molecule has 0 atom stereocenters. The van der Waals surface area contributed by atoms with Gasteiger partial charge in [-0.3, -0.25) is 4.79 Å². The summed E-state index contributed by atoms with van der Waals surface area (Å²) in [6.07, 6.45) is 3.17. The third-order valence-electron chi connectivity index (χ3n) is 4.83. The number of aryl methyl sites for hydroxylation is 1. The Balaban J connectivity index is 1.75. The van der Waals surface area contributed by atoms with Gasteiger partial charge in [0.15, 0.2) is 0 Å².